The van der Waals surface area contributed by atoms with Crippen molar-refractivity contribution in [3.63, 3.8) is 0 Å². The lowest BCUT2D eigenvalue weighted by Crippen LogP contribution is -2.46. The number of pyridine rings is 2. The molecule has 1 fully saturated rings. The molecule has 11 aromatic carbocycles. The lowest BCUT2D eigenvalue weighted by atomic mass is 10.1. The molecule has 14 aromatic rings. The molecule has 148 heavy (non-hydrogen) atoms. The number of sulfonamides is 5. The number of carbonyl (C=O) groups is 5. The van der Waals surface area contributed by atoms with Gasteiger partial charge < -0.3 is 59.3 Å². The van der Waals surface area contributed by atoms with Crippen molar-refractivity contribution < 1.29 is 99.2 Å². The third-order valence-electron chi connectivity index (χ3n) is 22.5. The second-order valence-corrected chi connectivity index (χ2v) is 41.9. The molecule has 15 rings (SSSR count). The molecule has 1 aliphatic rings. The van der Waals surface area contributed by atoms with Gasteiger partial charge >= 0.3 is 0 Å². The minimum absolute atomic E-state index is 0.0298. The summed E-state index contributed by atoms with van der Waals surface area (Å²) in [5.74, 6) is 1.02. The van der Waals surface area contributed by atoms with Gasteiger partial charge in [0.1, 0.15) is 78.3 Å². The van der Waals surface area contributed by atoms with Gasteiger partial charge in [0.05, 0.1) is 121 Å². The smallest absolute Gasteiger partial charge is 0.265 e. The normalized spacial score (nSPS) is 11.9. The zero-order valence-electron chi connectivity index (χ0n) is 83.2. The summed E-state index contributed by atoms with van der Waals surface area (Å²) < 4.78 is 177. The van der Waals surface area contributed by atoms with Crippen molar-refractivity contribution in [2.75, 3.05) is 132 Å². The van der Waals surface area contributed by atoms with E-state index >= 15 is 0 Å². The van der Waals surface area contributed by atoms with Crippen LogP contribution in [0.15, 0.2) is 359 Å². The Kier molecular flexibility index (Phi) is 39.9. The molecule has 0 radical (unpaired) electrons. The van der Waals surface area contributed by atoms with E-state index in [0.717, 1.165) is 58.7 Å². The molecule has 774 valence electrons. The summed E-state index contributed by atoms with van der Waals surface area (Å²) in [6.45, 7) is 8.61. The average molecular weight is 2110 g/mol. The Morgan fingerprint density at radius 3 is 1.09 bits per heavy atom. The van der Waals surface area contributed by atoms with Crippen molar-refractivity contribution in [1.82, 2.24) is 24.8 Å². The number of anilines is 9. The number of aromatic nitrogens is 4. The van der Waals surface area contributed by atoms with Gasteiger partial charge in [0, 0.05) is 67.8 Å². The van der Waals surface area contributed by atoms with Gasteiger partial charge in [0.2, 0.25) is 29.5 Å². The Labute approximate surface area is 862 Å². The fraction of sp³-hybridized carbons (Fsp3) is 0.206. The highest BCUT2D eigenvalue weighted by Crippen LogP contribution is 2.41. The van der Waals surface area contributed by atoms with E-state index in [4.69, 9.17) is 33.2 Å². The lowest BCUT2D eigenvalue weighted by molar-refractivity contribution is -0.130. The first kappa shape index (κ1) is 112. The van der Waals surface area contributed by atoms with Crippen molar-refractivity contribution in [2.24, 2.45) is 0 Å². The summed E-state index contributed by atoms with van der Waals surface area (Å²) in [4.78, 5) is 82.1. The van der Waals surface area contributed by atoms with Crippen LogP contribution in [0.3, 0.4) is 0 Å². The largest absolute Gasteiger partial charge is 0.497 e. The Morgan fingerprint density at radius 2 is 0.689 bits per heavy atom. The minimum Gasteiger partial charge on any atom is -0.497 e. The first-order chi connectivity index (χ1) is 71.0. The van der Waals surface area contributed by atoms with Gasteiger partial charge in [-0.15, -0.1) is 0 Å². The predicted molar refractivity (Wildman–Crippen MR) is 568 cm³/mol. The summed E-state index contributed by atoms with van der Waals surface area (Å²) in [5.41, 5.74) is 5.90. The van der Waals surface area contributed by atoms with Crippen LogP contribution in [0.5, 0.6) is 40.2 Å². The molecule has 4 heterocycles. The maximum absolute atomic E-state index is 13.5. The number of carbonyl (C=O) groups excluding carboxylic acids is 5. The van der Waals surface area contributed by atoms with Crippen molar-refractivity contribution in [3.8, 4) is 40.2 Å². The molecule has 1 aliphatic heterocycles. The molecule has 1 unspecified atom stereocenters. The molecule has 0 spiro atoms. The number of hydrogen-bond donors (Lipinski definition) is 4. The molecular formula is C107H114N14O22S5. The van der Waals surface area contributed by atoms with Crippen LogP contribution >= 0.6 is 0 Å². The van der Waals surface area contributed by atoms with Gasteiger partial charge in [-0.2, -0.15) is 0 Å². The highest BCUT2D eigenvalue weighted by atomic mass is 32.2. The van der Waals surface area contributed by atoms with E-state index in [2.05, 4.69) is 41.2 Å². The number of hydrogen-bond acceptors (Lipinski definition) is 26. The predicted octanol–water partition coefficient (Wildman–Crippen LogP) is 16.2. The summed E-state index contributed by atoms with van der Waals surface area (Å²) in [7, 11) is -9.83. The Bertz CT molecular complexity index is 7270. The number of aryl methyl sites for hydroxylation is 4. The number of likely N-dealkylation sites (tertiary alicyclic amines) is 1. The number of rotatable bonds is 36. The second-order valence-electron chi connectivity index (χ2n) is 32.6. The highest BCUT2D eigenvalue weighted by Gasteiger charge is 2.38. The summed E-state index contributed by atoms with van der Waals surface area (Å²) >= 11 is 0. The van der Waals surface area contributed by atoms with Crippen LogP contribution in [0.1, 0.15) is 48.4 Å². The minimum atomic E-state index is -4.10. The fourth-order valence-electron chi connectivity index (χ4n) is 14.9. The molecule has 0 aliphatic carbocycles. The van der Waals surface area contributed by atoms with Crippen LogP contribution in [0.4, 0.5) is 51.4 Å². The maximum Gasteiger partial charge on any atom is 0.265 e. The maximum atomic E-state index is 13.5. The molecule has 5 amide bonds. The number of nitrogens with one attached hydrogen (secondary N) is 4. The fourth-order valence-corrected chi connectivity index (χ4v) is 22.4. The van der Waals surface area contributed by atoms with E-state index in [9.17, 15) is 66.1 Å². The van der Waals surface area contributed by atoms with Crippen molar-refractivity contribution >= 4 is 131 Å². The van der Waals surface area contributed by atoms with E-state index in [1.807, 2.05) is 52.0 Å². The van der Waals surface area contributed by atoms with Gasteiger partial charge in [-0.25, -0.2) is 52.1 Å². The summed E-state index contributed by atoms with van der Waals surface area (Å²) in [6.07, 6.45) is 11.8. The van der Waals surface area contributed by atoms with Gasteiger partial charge in [0.25, 0.3) is 50.1 Å². The molecule has 36 nitrogen and oxygen atoms in total. The van der Waals surface area contributed by atoms with Crippen LogP contribution in [-0.4, -0.2) is 192 Å². The first-order valence-corrected chi connectivity index (χ1v) is 53.1. The van der Waals surface area contributed by atoms with Crippen LogP contribution in [0, 0.1) is 27.7 Å². The molecule has 1 saturated heterocycles. The summed E-state index contributed by atoms with van der Waals surface area (Å²) in [5, 5.41) is 10.6. The topological polar surface area (TPSA) is 440 Å². The zero-order chi connectivity index (χ0) is 107. The molecule has 1 atom stereocenters. The average Bonchev–Trinajstić information content (AvgIpc) is 0.775. The van der Waals surface area contributed by atoms with E-state index in [1.54, 1.807) is 218 Å². The number of methoxy groups -OCH3 is 7. The number of ether oxygens (including phenoxy) is 7. The number of nitrogens with zero attached hydrogens (tertiary/aromatic N) is 10. The zero-order valence-corrected chi connectivity index (χ0v) is 87.3. The molecule has 3 aromatic heterocycles. The van der Waals surface area contributed by atoms with Crippen molar-refractivity contribution in [3.05, 3.63) is 357 Å². The molecule has 0 saturated carbocycles. The number of amides is 5. The van der Waals surface area contributed by atoms with Gasteiger partial charge in [0.15, 0.2) is 5.82 Å². The standard InChI is InChI=1S/C23H24N2O4S.C22H23N3O3S.C21H21N3O5S.C21H26N2O5S.C20H20N4O5S/c1-17-12-13-18(2)22(14-17)25(30(27,28)21-10-5-4-6-11-21)16-23(26)24-19-8-7-9-20(15-19)29-3;1-16-11-12-17(2)21(14-16)25(29(27,28)20-9-5-4-6-10-20)18(3)22(26)24-19-8-7-13-23-15-19;1-28-16-11-12-19(29-2)18(14-16)24(30(26,27)17-8-4-3-5-9-17)15-21(25)23-20-10-6-7-13-22-20;1-27-17-11-12-20(28-2)19(15-17)23(16-21(24)22-13-7-4-8-14-22)29(25,26)18-9-5-3-6-10-18;1-28-15-8-9-18(29-2)17(12-15)24(30(26,27)16-6-4-3-5-7-16)14-20(25)23-19-13-21-10-11-22-19/h4-15H,16H2,1-3H3,(H,24,26);4-15,18H,1-3H3,(H,24,26);3-14H,15H2,1-2H3,(H,22,23,25);3,5-6,9-12,15H,4,7-8,13-14,16H2,1-2H3;3-13H,14H2,1-2H3,(H,22,23,25). The number of piperidine rings is 1. The van der Waals surface area contributed by atoms with Gasteiger partial charge in [-0.05, 0) is 222 Å². The van der Waals surface area contributed by atoms with E-state index in [1.165, 1.54) is 158 Å². The third-order valence-corrected chi connectivity index (χ3v) is 31.4. The van der Waals surface area contributed by atoms with Gasteiger partial charge in [-0.3, -0.25) is 55.5 Å². The molecule has 41 heteroatoms. The van der Waals surface area contributed by atoms with Crippen LogP contribution < -0.4 is 76.0 Å². The number of benzene rings is 11. The highest BCUT2D eigenvalue weighted by molar-refractivity contribution is 7.94. The Hall–Kier alpha value is -16.5. The Balaban J connectivity index is 0.000000176. The Morgan fingerprint density at radius 1 is 0.318 bits per heavy atom. The van der Waals surface area contributed by atoms with Crippen LogP contribution in [0.2, 0.25) is 0 Å². The molecular weight excluding hydrogens is 1990 g/mol. The molecule has 4 N–H and O–H groups in total. The van der Waals surface area contributed by atoms with Crippen LogP contribution in [0.25, 0.3) is 0 Å². The SMILES string of the molecule is COc1ccc(OC)c(N(CC(=O)N2CCCCC2)S(=O)(=O)c2ccccc2)c1.COc1ccc(OC)c(N(CC(=O)Nc2ccccn2)S(=O)(=O)c2ccccc2)c1.COc1ccc(OC)c(N(CC(=O)Nc2cnccn2)S(=O)(=O)c2ccccc2)c1.COc1cccc(NC(=O)CN(c2cc(C)ccc2C)S(=O)(=O)c2ccccc2)c1.Cc1ccc(C)c(N(C(C)C(=O)Nc2cccnc2)S(=O)(=O)c2ccccc2)c1. The van der Waals surface area contributed by atoms with Crippen LogP contribution in [-0.2, 0) is 74.1 Å². The monoisotopic (exact) mass is 2110 g/mol. The van der Waals surface area contributed by atoms with Crippen molar-refractivity contribution in [2.45, 2.75) is 84.4 Å². The third kappa shape index (κ3) is 29.7. The first-order valence-electron chi connectivity index (χ1n) is 45.9. The van der Waals surface area contributed by atoms with Crippen molar-refractivity contribution in [1.29, 1.82) is 0 Å². The van der Waals surface area contributed by atoms with E-state index < -0.39 is 92.9 Å². The van der Waals surface area contributed by atoms with E-state index in [0.29, 0.717) is 70.4 Å². The summed E-state index contributed by atoms with van der Waals surface area (Å²) in [6, 6.07) is 79.7. The lowest BCUT2D eigenvalue weighted by Gasteiger charge is -2.31. The van der Waals surface area contributed by atoms with E-state index in [-0.39, 0.29) is 77.9 Å². The van der Waals surface area contributed by atoms with Gasteiger partial charge in [-0.1, -0.05) is 127 Å². The quantitative estimate of drug-likeness (QED) is 0.0283. The molecule has 0 bridgehead atoms. The second kappa shape index (κ2) is 52.8.